The van der Waals surface area contributed by atoms with Crippen molar-refractivity contribution >= 4 is 0 Å². The lowest BCUT2D eigenvalue weighted by atomic mass is 10.1. The largest absolute Gasteiger partial charge is 0.425 e. The van der Waals surface area contributed by atoms with Gasteiger partial charge in [-0.05, 0) is 19.5 Å². The molecule has 0 saturated carbocycles. The number of rotatable bonds is 5. The van der Waals surface area contributed by atoms with E-state index in [1.54, 1.807) is 0 Å². The summed E-state index contributed by atoms with van der Waals surface area (Å²) in [5.41, 5.74) is 2.45. The monoisotopic (exact) mass is 231 g/mol. The Bertz CT molecular complexity index is 479. The highest BCUT2D eigenvalue weighted by Crippen LogP contribution is 2.10. The summed E-state index contributed by atoms with van der Waals surface area (Å²) in [7, 11) is 1.91. The molecular weight excluding hydrogens is 214 g/mol. The molecule has 0 atom stereocenters. The van der Waals surface area contributed by atoms with Gasteiger partial charge in [-0.2, -0.15) is 0 Å². The average Bonchev–Trinajstić information content (AvgIpc) is 2.74. The van der Waals surface area contributed by atoms with Crippen molar-refractivity contribution in [2.24, 2.45) is 0 Å². The van der Waals surface area contributed by atoms with Crippen molar-refractivity contribution in [3.63, 3.8) is 0 Å². The average molecular weight is 231 g/mol. The molecule has 17 heavy (non-hydrogen) atoms. The van der Waals surface area contributed by atoms with Crippen LogP contribution in [0.2, 0.25) is 0 Å². The first-order valence-corrected chi connectivity index (χ1v) is 5.79. The van der Waals surface area contributed by atoms with Gasteiger partial charge in [0.05, 0.1) is 6.42 Å². The third-order valence-electron chi connectivity index (χ3n) is 2.54. The molecule has 2 rings (SSSR count). The Morgan fingerprint density at radius 1 is 1.24 bits per heavy atom. The zero-order valence-corrected chi connectivity index (χ0v) is 10.2. The van der Waals surface area contributed by atoms with E-state index in [1.165, 1.54) is 11.1 Å². The summed E-state index contributed by atoms with van der Waals surface area (Å²) >= 11 is 0. The highest BCUT2D eigenvalue weighted by atomic mass is 16.4. The van der Waals surface area contributed by atoms with Crippen LogP contribution in [0.3, 0.4) is 0 Å². The standard InChI is InChI=1S/C13H17N3O/c1-10-4-3-5-11(8-10)9-13-16-15-12(17-13)6-7-14-2/h3-5,8,14H,6-7,9H2,1-2H3. The SMILES string of the molecule is CNCCc1nnc(Cc2cccc(C)c2)o1. The van der Waals surface area contributed by atoms with Crippen molar-refractivity contribution in [2.75, 3.05) is 13.6 Å². The van der Waals surface area contributed by atoms with Crippen molar-refractivity contribution in [1.29, 1.82) is 0 Å². The normalized spacial score (nSPS) is 10.7. The minimum absolute atomic E-state index is 0.682. The van der Waals surface area contributed by atoms with E-state index in [9.17, 15) is 0 Å². The van der Waals surface area contributed by atoms with Crippen molar-refractivity contribution in [1.82, 2.24) is 15.5 Å². The van der Waals surface area contributed by atoms with Gasteiger partial charge in [-0.15, -0.1) is 10.2 Å². The molecule has 90 valence electrons. The summed E-state index contributed by atoms with van der Waals surface area (Å²) in [6.45, 7) is 2.93. The highest BCUT2D eigenvalue weighted by molar-refractivity contribution is 5.24. The molecule has 0 spiro atoms. The van der Waals surface area contributed by atoms with Gasteiger partial charge in [-0.3, -0.25) is 0 Å². The topological polar surface area (TPSA) is 51.0 Å². The molecule has 1 aromatic heterocycles. The van der Waals surface area contributed by atoms with E-state index >= 15 is 0 Å². The molecule has 4 nitrogen and oxygen atoms in total. The zero-order chi connectivity index (χ0) is 12.1. The van der Waals surface area contributed by atoms with Crippen LogP contribution in [0.5, 0.6) is 0 Å². The molecule has 0 aliphatic heterocycles. The van der Waals surface area contributed by atoms with E-state index < -0.39 is 0 Å². The van der Waals surface area contributed by atoms with Gasteiger partial charge in [0.15, 0.2) is 0 Å². The molecule has 1 heterocycles. The predicted octanol–water partition coefficient (Wildman–Crippen LogP) is 1.73. The fraction of sp³-hybridized carbons (Fsp3) is 0.385. The first kappa shape index (κ1) is 11.8. The van der Waals surface area contributed by atoms with Crippen LogP contribution in [-0.4, -0.2) is 23.8 Å². The molecular formula is C13H17N3O. The molecule has 4 heteroatoms. The van der Waals surface area contributed by atoms with E-state index in [-0.39, 0.29) is 0 Å². The van der Waals surface area contributed by atoms with Gasteiger partial charge in [0.2, 0.25) is 11.8 Å². The van der Waals surface area contributed by atoms with Crippen LogP contribution in [0, 0.1) is 6.92 Å². The van der Waals surface area contributed by atoms with Gasteiger partial charge in [-0.1, -0.05) is 29.8 Å². The quantitative estimate of drug-likeness (QED) is 0.851. The fourth-order valence-electron chi connectivity index (χ4n) is 1.69. The Labute approximate surface area is 101 Å². The zero-order valence-electron chi connectivity index (χ0n) is 10.2. The van der Waals surface area contributed by atoms with E-state index in [0.29, 0.717) is 18.2 Å². The second-order valence-corrected chi connectivity index (χ2v) is 4.11. The first-order chi connectivity index (χ1) is 8.28. The molecule has 0 unspecified atom stereocenters. The molecule has 0 saturated heterocycles. The van der Waals surface area contributed by atoms with Crippen molar-refractivity contribution in [3.8, 4) is 0 Å². The number of nitrogens with one attached hydrogen (secondary N) is 1. The maximum Gasteiger partial charge on any atom is 0.220 e. The highest BCUT2D eigenvalue weighted by Gasteiger charge is 2.06. The van der Waals surface area contributed by atoms with E-state index in [1.807, 2.05) is 13.1 Å². The molecule has 2 aromatic rings. The first-order valence-electron chi connectivity index (χ1n) is 5.79. The molecule has 0 amide bonds. The third-order valence-corrected chi connectivity index (χ3v) is 2.54. The number of benzene rings is 1. The maximum absolute atomic E-state index is 5.57. The molecule has 0 aliphatic rings. The van der Waals surface area contributed by atoms with Crippen LogP contribution >= 0.6 is 0 Å². The summed E-state index contributed by atoms with van der Waals surface area (Å²) in [5.74, 6) is 1.38. The summed E-state index contributed by atoms with van der Waals surface area (Å²) in [6.07, 6.45) is 1.48. The van der Waals surface area contributed by atoms with E-state index in [4.69, 9.17) is 4.42 Å². The van der Waals surface area contributed by atoms with Crippen LogP contribution in [0.15, 0.2) is 28.7 Å². The van der Waals surface area contributed by atoms with Crippen molar-refractivity contribution < 1.29 is 4.42 Å². The second kappa shape index (κ2) is 5.59. The van der Waals surface area contributed by atoms with Crippen LogP contribution in [0.4, 0.5) is 0 Å². The second-order valence-electron chi connectivity index (χ2n) is 4.11. The summed E-state index contributed by atoms with van der Waals surface area (Å²) in [4.78, 5) is 0. The number of likely N-dealkylation sites (N-methyl/N-ethyl adjacent to an activating group) is 1. The molecule has 0 bridgehead atoms. The molecule has 0 fully saturated rings. The van der Waals surface area contributed by atoms with Crippen LogP contribution in [-0.2, 0) is 12.8 Å². The van der Waals surface area contributed by atoms with E-state index in [2.05, 4.69) is 40.6 Å². The summed E-state index contributed by atoms with van der Waals surface area (Å²) in [6, 6.07) is 8.33. The molecule has 0 aliphatic carbocycles. The van der Waals surface area contributed by atoms with Gasteiger partial charge >= 0.3 is 0 Å². The Balaban J connectivity index is 2.01. The minimum atomic E-state index is 0.682. The third kappa shape index (κ3) is 3.39. The number of aryl methyl sites for hydroxylation is 1. The van der Waals surface area contributed by atoms with Crippen molar-refractivity contribution in [2.45, 2.75) is 19.8 Å². The number of aromatic nitrogens is 2. The van der Waals surface area contributed by atoms with Crippen molar-refractivity contribution in [3.05, 3.63) is 47.2 Å². The van der Waals surface area contributed by atoms with Crippen LogP contribution in [0.1, 0.15) is 22.9 Å². The van der Waals surface area contributed by atoms with Gasteiger partial charge in [0.25, 0.3) is 0 Å². The minimum Gasteiger partial charge on any atom is -0.425 e. The van der Waals surface area contributed by atoms with E-state index in [0.717, 1.165) is 13.0 Å². The Kier molecular flexibility index (Phi) is 3.88. The maximum atomic E-state index is 5.57. The lowest BCUT2D eigenvalue weighted by molar-refractivity contribution is 0.454. The van der Waals surface area contributed by atoms with Gasteiger partial charge in [0, 0.05) is 13.0 Å². The number of hydrogen-bond donors (Lipinski definition) is 1. The lowest BCUT2D eigenvalue weighted by Crippen LogP contribution is -2.10. The Hall–Kier alpha value is -1.68. The smallest absolute Gasteiger partial charge is 0.220 e. The van der Waals surface area contributed by atoms with Gasteiger partial charge in [-0.25, -0.2) is 0 Å². The van der Waals surface area contributed by atoms with Crippen LogP contribution in [0.25, 0.3) is 0 Å². The fourth-order valence-corrected chi connectivity index (χ4v) is 1.69. The predicted molar refractivity (Wildman–Crippen MR) is 65.9 cm³/mol. The summed E-state index contributed by atoms with van der Waals surface area (Å²) in [5, 5.41) is 11.1. The van der Waals surface area contributed by atoms with Gasteiger partial charge in [0.1, 0.15) is 0 Å². The molecule has 1 N–H and O–H groups in total. The summed E-state index contributed by atoms with van der Waals surface area (Å²) < 4.78 is 5.57. The lowest BCUT2D eigenvalue weighted by Gasteiger charge is -1.98. The molecule has 1 aromatic carbocycles. The number of hydrogen-bond acceptors (Lipinski definition) is 4. The Morgan fingerprint density at radius 2 is 2.06 bits per heavy atom. The Morgan fingerprint density at radius 3 is 2.82 bits per heavy atom. The number of nitrogens with zero attached hydrogens (tertiary/aromatic N) is 2. The molecule has 0 radical (unpaired) electrons. The van der Waals surface area contributed by atoms with Gasteiger partial charge < -0.3 is 9.73 Å². The van der Waals surface area contributed by atoms with Crippen LogP contribution < -0.4 is 5.32 Å².